The highest BCUT2D eigenvalue weighted by Gasteiger charge is 2.35. The number of hydrogen-bond acceptors (Lipinski definition) is 6. The van der Waals surface area contributed by atoms with Crippen LogP contribution in [0.25, 0.3) is 11.2 Å². The Morgan fingerprint density at radius 2 is 2.32 bits per heavy atom. The van der Waals surface area contributed by atoms with Crippen LogP contribution in [0.15, 0.2) is 6.33 Å². The summed E-state index contributed by atoms with van der Waals surface area (Å²) in [6.07, 6.45) is -1.93. The van der Waals surface area contributed by atoms with Gasteiger partial charge in [0.05, 0.1) is 12.4 Å². The van der Waals surface area contributed by atoms with Crippen LogP contribution in [0, 0.1) is 6.08 Å². The van der Waals surface area contributed by atoms with E-state index < -0.39 is 31.2 Å². The van der Waals surface area contributed by atoms with Gasteiger partial charge in [-0.2, -0.15) is 14.4 Å². The Morgan fingerprint density at radius 3 is 3.00 bits per heavy atom. The normalized spacial score (nSPS) is 27.2. The topological polar surface area (TPSA) is 99.1 Å². The predicted octanol–water partition coefficient (Wildman–Crippen LogP) is 0.166. The molecule has 1 fully saturated rings. The first kappa shape index (κ1) is 12.2. The van der Waals surface area contributed by atoms with Crippen LogP contribution in [-0.2, 0) is 4.74 Å². The van der Waals surface area contributed by atoms with Gasteiger partial charge in [-0.05, 0) is 0 Å². The molecular weight excluding hydrogens is 260 g/mol. The fraction of sp³-hybridized carbons (Fsp3) is 0.500. The molecule has 3 rings (SSSR count). The van der Waals surface area contributed by atoms with Gasteiger partial charge >= 0.3 is 6.08 Å². The Labute approximate surface area is 106 Å². The van der Waals surface area contributed by atoms with Crippen LogP contribution in [0.4, 0.5) is 14.6 Å². The number of aliphatic hydroxyl groups is 1. The van der Waals surface area contributed by atoms with Crippen molar-refractivity contribution in [3.8, 4) is 0 Å². The Bertz CT molecular complexity index is 619. The number of halogens is 2. The van der Waals surface area contributed by atoms with Crippen LogP contribution in [-0.4, -0.2) is 43.5 Å². The molecule has 1 saturated heterocycles. The first-order valence-corrected chi connectivity index (χ1v) is 5.65. The van der Waals surface area contributed by atoms with Crippen molar-refractivity contribution >= 4 is 17.0 Å². The monoisotopic (exact) mass is 271 g/mol. The summed E-state index contributed by atoms with van der Waals surface area (Å²) in [4.78, 5) is 10.9. The zero-order chi connectivity index (χ0) is 13.6. The molecule has 0 spiro atoms. The summed E-state index contributed by atoms with van der Waals surface area (Å²) in [5, 5.41) is 9.61. The number of aliphatic hydroxyl groups excluding tert-OH is 1. The third-order valence-electron chi connectivity index (χ3n) is 3.09. The number of aromatic nitrogens is 4. The fourth-order valence-corrected chi connectivity index (χ4v) is 2.15. The molecule has 0 aliphatic carbocycles. The molecule has 102 valence electrons. The quantitative estimate of drug-likeness (QED) is 0.755. The Morgan fingerprint density at radius 1 is 1.53 bits per heavy atom. The van der Waals surface area contributed by atoms with E-state index >= 15 is 0 Å². The molecule has 1 aliphatic rings. The molecule has 0 aromatic carbocycles. The molecule has 2 aromatic heterocycles. The van der Waals surface area contributed by atoms with Gasteiger partial charge in [0.1, 0.15) is 19.0 Å². The molecule has 1 aliphatic heterocycles. The van der Waals surface area contributed by atoms with Crippen LogP contribution in [0.2, 0.25) is 0 Å². The Balaban J connectivity index is 2.02. The van der Waals surface area contributed by atoms with Crippen LogP contribution >= 0.6 is 0 Å². The van der Waals surface area contributed by atoms with Crippen molar-refractivity contribution in [3.63, 3.8) is 0 Å². The summed E-state index contributed by atoms with van der Waals surface area (Å²) >= 11 is 0. The molecule has 0 radical (unpaired) electrons. The van der Waals surface area contributed by atoms with E-state index in [0.717, 1.165) is 0 Å². The van der Waals surface area contributed by atoms with Crippen LogP contribution in [0.1, 0.15) is 12.6 Å². The van der Waals surface area contributed by atoms with E-state index in [2.05, 4.69) is 15.0 Å². The van der Waals surface area contributed by atoms with E-state index in [1.807, 2.05) is 0 Å². The summed E-state index contributed by atoms with van der Waals surface area (Å²) in [5.41, 5.74) is 5.93. The second-order valence-corrected chi connectivity index (χ2v) is 4.29. The molecule has 19 heavy (non-hydrogen) atoms. The molecule has 0 amide bonds. The molecule has 0 unspecified atom stereocenters. The number of fused-ring (bicyclic) bond motifs is 1. The molecule has 0 saturated carbocycles. The van der Waals surface area contributed by atoms with E-state index in [1.165, 1.54) is 10.9 Å². The Kier molecular flexibility index (Phi) is 2.79. The van der Waals surface area contributed by atoms with E-state index in [0.29, 0.717) is 0 Å². The first-order valence-electron chi connectivity index (χ1n) is 5.65. The third kappa shape index (κ3) is 1.90. The second kappa shape index (κ2) is 4.35. The van der Waals surface area contributed by atoms with E-state index in [-0.39, 0.29) is 23.4 Å². The van der Waals surface area contributed by atoms with Gasteiger partial charge in [0.25, 0.3) is 0 Å². The average Bonchev–Trinajstić information content (AvgIpc) is 2.92. The van der Waals surface area contributed by atoms with Crippen molar-refractivity contribution < 1.29 is 18.6 Å². The summed E-state index contributed by atoms with van der Waals surface area (Å²) < 4.78 is 32.5. The second-order valence-electron chi connectivity index (χ2n) is 4.29. The molecule has 9 heteroatoms. The number of nitrogens with zero attached hydrogens (tertiary/aromatic N) is 4. The van der Waals surface area contributed by atoms with Crippen LogP contribution < -0.4 is 5.73 Å². The average molecular weight is 271 g/mol. The van der Waals surface area contributed by atoms with Crippen molar-refractivity contribution in [1.29, 1.82) is 0 Å². The van der Waals surface area contributed by atoms with Gasteiger partial charge in [-0.25, -0.2) is 9.37 Å². The maximum Gasteiger partial charge on any atom is 0.312 e. The summed E-state index contributed by atoms with van der Waals surface area (Å²) in [6, 6.07) is 0. The molecule has 7 nitrogen and oxygen atoms in total. The number of alkyl halides is 1. The molecule has 3 N–H and O–H groups in total. The van der Waals surface area contributed by atoms with Gasteiger partial charge < -0.3 is 15.6 Å². The lowest BCUT2D eigenvalue weighted by Gasteiger charge is -2.13. The lowest BCUT2D eigenvalue weighted by molar-refractivity contribution is -0.0280. The van der Waals surface area contributed by atoms with E-state index in [9.17, 15) is 13.9 Å². The summed E-state index contributed by atoms with van der Waals surface area (Å²) in [7, 11) is 0. The van der Waals surface area contributed by atoms with Crippen molar-refractivity contribution in [1.82, 2.24) is 19.5 Å². The van der Waals surface area contributed by atoms with Crippen molar-refractivity contribution in [2.24, 2.45) is 0 Å². The number of rotatable bonds is 2. The highest BCUT2D eigenvalue weighted by Crippen LogP contribution is 2.31. The Hall–Kier alpha value is -1.87. The SMILES string of the molecule is Nc1nc(F)nc2c1ncn2[C@@H]1C[C@H](O)[C@@H](CF)O1. The molecule has 2 aromatic rings. The number of nitrogen functional groups attached to an aromatic ring is 1. The number of imidazole rings is 1. The highest BCUT2D eigenvalue weighted by atomic mass is 19.1. The van der Waals surface area contributed by atoms with Gasteiger partial charge in [-0.15, -0.1) is 0 Å². The maximum atomic E-state index is 13.2. The van der Waals surface area contributed by atoms with Crippen molar-refractivity contribution in [2.75, 3.05) is 12.4 Å². The third-order valence-corrected chi connectivity index (χ3v) is 3.09. The lowest BCUT2D eigenvalue weighted by atomic mass is 10.2. The van der Waals surface area contributed by atoms with E-state index in [4.69, 9.17) is 10.5 Å². The standard InChI is InChI=1S/C10H11F2N5O2/c11-2-5-4(18)1-6(19-5)17-3-14-7-8(13)15-10(12)16-9(7)17/h3-6,18H,1-2H2,(H2,13,15,16)/t4-,5+,6-/m0/s1. The van der Waals surface area contributed by atoms with Crippen molar-refractivity contribution in [2.45, 2.75) is 24.9 Å². The maximum absolute atomic E-state index is 13.2. The largest absolute Gasteiger partial charge is 0.390 e. The van der Waals surface area contributed by atoms with Gasteiger partial charge in [-0.3, -0.25) is 4.57 Å². The highest BCUT2D eigenvalue weighted by molar-refractivity contribution is 5.81. The van der Waals surface area contributed by atoms with Crippen molar-refractivity contribution in [3.05, 3.63) is 12.4 Å². The molecule has 3 heterocycles. The number of anilines is 1. The smallest absolute Gasteiger partial charge is 0.312 e. The van der Waals surface area contributed by atoms with E-state index in [1.54, 1.807) is 0 Å². The predicted molar refractivity (Wildman–Crippen MR) is 60.2 cm³/mol. The van der Waals surface area contributed by atoms with Gasteiger partial charge in [0, 0.05) is 6.42 Å². The zero-order valence-corrected chi connectivity index (χ0v) is 9.70. The van der Waals surface area contributed by atoms with Gasteiger partial charge in [0.2, 0.25) is 0 Å². The summed E-state index contributed by atoms with van der Waals surface area (Å²) in [5.74, 6) is -0.0816. The minimum atomic E-state index is -0.979. The molecular formula is C10H11F2N5O2. The fourth-order valence-electron chi connectivity index (χ4n) is 2.15. The van der Waals surface area contributed by atoms with Crippen LogP contribution in [0.5, 0.6) is 0 Å². The molecule has 3 atom stereocenters. The zero-order valence-electron chi connectivity index (χ0n) is 9.70. The van der Waals surface area contributed by atoms with Gasteiger partial charge in [-0.1, -0.05) is 0 Å². The number of hydrogen-bond donors (Lipinski definition) is 2. The van der Waals surface area contributed by atoms with Gasteiger partial charge in [0.15, 0.2) is 17.0 Å². The summed E-state index contributed by atoms with van der Waals surface area (Å²) in [6.45, 7) is -0.796. The number of nitrogens with two attached hydrogens (primary N) is 1. The first-order chi connectivity index (χ1) is 9.10. The minimum Gasteiger partial charge on any atom is -0.390 e. The number of ether oxygens (including phenoxy) is 1. The lowest BCUT2D eigenvalue weighted by Crippen LogP contribution is -2.22. The van der Waals surface area contributed by atoms with Crippen LogP contribution in [0.3, 0.4) is 0 Å². The molecule has 0 bridgehead atoms. The minimum absolute atomic E-state index is 0.0816.